The highest BCUT2D eigenvalue weighted by Crippen LogP contribution is 2.36. The molecule has 2 aromatic carbocycles. The van der Waals surface area contributed by atoms with E-state index in [0.29, 0.717) is 22.9 Å². The molecule has 0 unspecified atom stereocenters. The van der Waals surface area contributed by atoms with Crippen molar-refractivity contribution in [1.29, 1.82) is 0 Å². The van der Waals surface area contributed by atoms with E-state index in [2.05, 4.69) is 5.32 Å². The molecule has 0 saturated carbocycles. The molecule has 1 aliphatic heterocycles. The van der Waals surface area contributed by atoms with Gasteiger partial charge in [0.15, 0.2) is 6.61 Å². The minimum Gasteiger partial charge on any atom is -0.497 e. The van der Waals surface area contributed by atoms with Crippen molar-refractivity contribution in [3.63, 3.8) is 0 Å². The highest BCUT2D eigenvalue weighted by Gasteiger charge is 2.37. The molecule has 8 heteroatoms. The average molecular weight is 426 g/mol. The number of esters is 1. The van der Waals surface area contributed by atoms with Crippen molar-refractivity contribution in [3.05, 3.63) is 47.5 Å². The molecule has 3 rings (SSSR count). The smallest absolute Gasteiger partial charge is 0.311 e. The van der Waals surface area contributed by atoms with E-state index in [0.717, 1.165) is 11.1 Å². The molecular formula is C23H26N2O6. The summed E-state index contributed by atoms with van der Waals surface area (Å²) >= 11 is 0. The van der Waals surface area contributed by atoms with E-state index in [9.17, 15) is 14.4 Å². The van der Waals surface area contributed by atoms with E-state index in [4.69, 9.17) is 14.2 Å². The van der Waals surface area contributed by atoms with Gasteiger partial charge in [-0.25, -0.2) is 0 Å². The molecule has 1 N–H and O–H groups in total. The number of nitrogens with one attached hydrogen (secondary N) is 1. The number of hydrogen-bond acceptors (Lipinski definition) is 6. The Bertz CT molecular complexity index is 1000. The van der Waals surface area contributed by atoms with Crippen molar-refractivity contribution in [2.24, 2.45) is 5.92 Å². The second-order valence-corrected chi connectivity index (χ2v) is 7.42. The summed E-state index contributed by atoms with van der Waals surface area (Å²) in [5.74, 6) is -0.828. The first-order valence-corrected chi connectivity index (χ1v) is 9.88. The van der Waals surface area contributed by atoms with Crippen molar-refractivity contribution < 1.29 is 28.6 Å². The van der Waals surface area contributed by atoms with Gasteiger partial charge in [0.25, 0.3) is 5.91 Å². The zero-order chi connectivity index (χ0) is 22.5. The summed E-state index contributed by atoms with van der Waals surface area (Å²) in [7, 11) is 3.04. The van der Waals surface area contributed by atoms with Crippen LogP contribution in [0.25, 0.3) is 0 Å². The van der Waals surface area contributed by atoms with Crippen LogP contribution in [0.15, 0.2) is 36.4 Å². The number of methoxy groups -OCH3 is 2. The molecular weight excluding hydrogens is 400 g/mol. The SMILES string of the molecule is COc1ccc(N2C[C@H](C(=O)OCC(=O)Nc3cc(C)ccc3C)CC2=O)c(OC)c1. The number of hydrogen-bond donors (Lipinski definition) is 1. The third-order valence-electron chi connectivity index (χ3n) is 5.15. The summed E-state index contributed by atoms with van der Waals surface area (Å²) in [6, 6.07) is 10.8. The van der Waals surface area contributed by atoms with Gasteiger partial charge in [-0.05, 0) is 43.2 Å². The van der Waals surface area contributed by atoms with Gasteiger partial charge in [0.2, 0.25) is 5.91 Å². The number of anilines is 2. The third kappa shape index (κ3) is 5.14. The molecule has 1 heterocycles. The predicted octanol–water partition coefficient (Wildman–Crippen LogP) is 2.86. The van der Waals surface area contributed by atoms with Crippen molar-refractivity contribution in [3.8, 4) is 11.5 Å². The number of nitrogens with zero attached hydrogens (tertiary/aromatic N) is 1. The Balaban J connectivity index is 1.59. The summed E-state index contributed by atoms with van der Waals surface area (Å²) in [4.78, 5) is 38.7. The second kappa shape index (κ2) is 9.51. The largest absolute Gasteiger partial charge is 0.497 e. The number of rotatable bonds is 7. The van der Waals surface area contributed by atoms with Gasteiger partial charge in [-0.1, -0.05) is 12.1 Å². The van der Waals surface area contributed by atoms with Crippen molar-refractivity contribution in [2.45, 2.75) is 20.3 Å². The maximum atomic E-state index is 12.5. The van der Waals surface area contributed by atoms with Gasteiger partial charge in [-0.2, -0.15) is 0 Å². The van der Waals surface area contributed by atoms with Crippen molar-refractivity contribution in [2.75, 3.05) is 37.6 Å². The van der Waals surface area contributed by atoms with Crippen LogP contribution in [0.3, 0.4) is 0 Å². The van der Waals surface area contributed by atoms with E-state index in [-0.39, 0.29) is 18.9 Å². The first-order chi connectivity index (χ1) is 14.8. The van der Waals surface area contributed by atoms with Gasteiger partial charge in [0, 0.05) is 24.7 Å². The Hall–Kier alpha value is -3.55. The monoisotopic (exact) mass is 426 g/mol. The van der Waals surface area contributed by atoms with Gasteiger partial charge in [0.05, 0.1) is 25.8 Å². The van der Waals surface area contributed by atoms with Gasteiger partial charge in [0.1, 0.15) is 11.5 Å². The molecule has 2 amide bonds. The molecule has 0 aromatic heterocycles. The molecule has 2 aromatic rings. The lowest BCUT2D eigenvalue weighted by Gasteiger charge is -2.20. The van der Waals surface area contributed by atoms with E-state index in [1.54, 1.807) is 18.2 Å². The lowest BCUT2D eigenvalue weighted by atomic mass is 10.1. The highest BCUT2D eigenvalue weighted by atomic mass is 16.5. The number of ether oxygens (including phenoxy) is 3. The summed E-state index contributed by atoms with van der Waals surface area (Å²) < 4.78 is 15.7. The molecule has 1 saturated heterocycles. The molecule has 31 heavy (non-hydrogen) atoms. The fourth-order valence-electron chi connectivity index (χ4n) is 3.42. The number of benzene rings is 2. The van der Waals surface area contributed by atoms with Gasteiger partial charge < -0.3 is 24.4 Å². The third-order valence-corrected chi connectivity index (χ3v) is 5.15. The minimum atomic E-state index is -0.659. The van der Waals surface area contributed by atoms with Crippen LogP contribution >= 0.6 is 0 Å². The first kappa shape index (κ1) is 22.1. The van der Waals surface area contributed by atoms with Gasteiger partial charge >= 0.3 is 5.97 Å². The first-order valence-electron chi connectivity index (χ1n) is 9.88. The lowest BCUT2D eigenvalue weighted by molar-refractivity contribution is -0.151. The summed E-state index contributed by atoms with van der Waals surface area (Å²) in [6.45, 7) is 3.55. The molecule has 8 nitrogen and oxygen atoms in total. The van der Waals surface area contributed by atoms with Gasteiger partial charge in [-0.3, -0.25) is 14.4 Å². The summed E-state index contributed by atoms with van der Waals surface area (Å²) in [6.07, 6.45) is 0.00657. The second-order valence-electron chi connectivity index (χ2n) is 7.42. The van der Waals surface area contributed by atoms with Crippen LogP contribution < -0.4 is 19.7 Å². The van der Waals surface area contributed by atoms with E-state index >= 15 is 0 Å². The Morgan fingerprint density at radius 3 is 2.58 bits per heavy atom. The van der Waals surface area contributed by atoms with Crippen LogP contribution in [-0.2, 0) is 19.1 Å². The van der Waals surface area contributed by atoms with Crippen LogP contribution in [0.4, 0.5) is 11.4 Å². The molecule has 0 spiro atoms. The molecule has 1 aliphatic rings. The maximum Gasteiger partial charge on any atom is 0.311 e. The molecule has 0 radical (unpaired) electrons. The molecule has 164 valence electrons. The van der Waals surface area contributed by atoms with E-state index in [1.807, 2.05) is 32.0 Å². The fraction of sp³-hybridized carbons (Fsp3) is 0.348. The number of aryl methyl sites for hydroxylation is 2. The number of carbonyl (C=O) groups is 3. The average Bonchev–Trinajstić information content (AvgIpc) is 3.15. The topological polar surface area (TPSA) is 94.2 Å². The molecule has 0 bridgehead atoms. The van der Waals surface area contributed by atoms with Gasteiger partial charge in [-0.15, -0.1) is 0 Å². The predicted molar refractivity (Wildman–Crippen MR) is 116 cm³/mol. The Morgan fingerprint density at radius 2 is 1.87 bits per heavy atom. The van der Waals surface area contributed by atoms with E-state index in [1.165, 1.54) is 19.1 Å². The molecule has 0 aliphatic carbocycles. The minimum absolute atomic E-state index is 0.00657. The summed E-state index contributed by atoms with van der Waals surface area (Å²) in [5, 5.41) is 2.74. The van der Waals surface area contributed by atoms with Crippen LogP contribution in [0, 0.1) is 19.8 Å². The highest BCUT2D eigenvalue weighted by molar-refractivity contribution is 6.01. The van der Waals surface area contributed by atoms with Crippen LogP contribution in [0.5, 0.6) is 11.5 Å². The Morgan fingerprint density at radius 1 is 1.10 bits per heavy atom. The lowest BCUT2D eigenvalue weighted by Crippen LogP contribution is -2.28. The number of carbonyl (C=O) groups excluding carboxylic acids is 3. The normalized spacial score (nSPS) is 15.5. The maximum absolute atomic E-state index is 12.5. The summed E-state index contributed by atoms with van der Waals surface area (Å²) in [5.41, 5.74) is 3.15. The van der Waals surface area contributed by atoms with Crippen LogP contribution in [-0.4, -0.2) is 45.2 Å². The number of amides is 2. The van der Waals surface area contributed by atoms with Crippen molar-refractivity contribution in [1.82, 2.24) is 0 Å². The zero-order valence-electron chi connectivity index (χ0n) is 18.1. The van der Waals surface area contributed by atoms with Crippen molar-refractivity contribution >= 4 is 29.2 Å². The zero-order valence-corrected chi connectivity index (χ0v) is 18.1. The molecule has 1 atom stereocenters. The fourth-order valence-corrected chi connectivity index (χ4v) is 3.42. The Labute approximate surface area is 181 Å². The quantitative estimate of drug-likeness (QED) is 0.685. The van der Waals surface area contributed by atoms with Crippen LogP contribution in [0.1, 0.15) is 17.5 Å². The Kier molecular flexibility index (Phi) is 6.79. The van der Waals surface area contributed by atoms with Crippen LogP contribution in [0.2, 0.25) is 0 Å². The standard InChI is InChI=1S/C23H26N2O6/c1-14-5-6-15(2)18(9-14)24-21(26)13-31-23(28)16-10-22(27)25(12-16)19-8-7-17(29-3)11-20(19)30-4/h5-9,11,16H,10,12-13H2,1-4H3,(H,24,26)/t16-/m1/s1. The van der Waals surface area contributed by atoms with E-state index < -0.39 is 24.4 Å². The molecule has 1 fully saturated rings.